The van der Waals surface area contributed by atoms with Gasteiger partial charge in [-0.05, 0) is 49.7 Å². The number of rotatable bonds is 12. The maximum atomic E-state index is 11.7. The van der Waals surface area contributed by atoms with Crippen LogP contribution in [0.2, 0.25) is 0 Å². The van der Waals surface area contributed by atoms with Crippen LogP contribution in [0.4, 0.5) is 0 Å². The molecule has 142 valence electrons. The van der Waals surface area contributed by atoms with Crippen molar-refractivity contribution < 1.29 is 19.1 Å². The van der Waals surface area contributed by atoms with E-state index in [2.05, 4.69) is 37.4 Å². The van der Waals surface area contributed by atoms with E-state index in [4.69, 9.17) is 9.47 Å². The number of hydrogen-bond acceptors (Lipinski definition) is 4. The fourth-order valence-electron chi connectivity index (χ4n) is 2.95. The molecule has 0 aliphatic carbocycles. The first-order valence-electron chi connectivity index (χ1n) is 9.00. The van der Waals surface area contributed by atoms with Crippen molar-refractivity contribution in [3.8, 4) is 0 Å². The van der Waals surface area contributed by atoms with E-state index in [9.17, 15) is 9.59 Å². The van der Waals surface area contributed by atoms with Gasteiger partial charge in [0.1, 0.15) is 0 Å². The molecule has 0 saturated carbocycles. The zero-order valence-electron chi connectivity index (χ0n) is 15.9. The highest BCUT2D eigenvalue weighted by atomic mass is 16.5. The first-order valence-corrected chi connectivity index (χ1v) is 9.00. The molecular formula is C22H30O4. The Hall–Kier alpha value is -2.36. The number of allylic oxidation sites excluding steroid dienone is 2. The summed E-state index contributed by atoms with van der Waals surface area (Å²) in [4.78, 5) is 23.5. The molecule has 0 fully saturated rings. The summed E-state index contributed by atoms with van der Waals surface area (Å²) >= 11 is 0. The predicted octanol–water partition coefficient (Wildman–Crippen LogP) is 4.28. The van der Waals surface area contributed by atoms with Crippen molar-refractivity contribution in [2.45, 2.75) is 38.5 Å². The average molecular weight is 358 g/mol. The highest BCUT2D eigenvalue weighted by Gasteiger charge is 2.18. The van der Waals surface area contributed by atoms with Gasteiger partial charge in [-0.15, -0.1) is 13.2 Å². The lowest BCUT2D eigenvalue weighted by Gasteiger charge is -2.13. The molecule has 0 heterocycles. The zero-order valence-corrected chi connectivity index (χ0v) is 15.9. The fourth-order valence-corrected chi connectivity index (χ4v) is 2.95. The lowest BCUT2D eigenvalue weighted by atomic mass is 9.94. The van der Waals surface area contributed by atoms with Crippen molar-refractivity contribution in [1.82, 2.24) is 0 Å². The van der Waals surface area contributed by atoms with E-state index in [0.29, 0.717) is 12.8 Å². The van der Waals surface area contributed by atoms with E-state index in [0.717, 1.165) is 25.7 Å². The van der Waals surface area contributed by atoms with E-state index in [-0.39, 0.29) is 23.8 Å². The maximum Gasteiger partial charge on any atom is 0.308 e. The highest BCUT2D eigenvalue weighted by molar-refractivity contribution is 5.72. The van der Waals surface area contributed by atoms with Gasteiger partial charge in [0.15, 0.2) is 0 Å². The molecule has 26 heavy (non-hydrogen) atoms. The van der Waals surface area contributed by atoms with Crippen molar-refractivity contribution in [2.24, 2.45) is 11.8 Å². The van der Waals surface area contributed by atoms with Crippen LogP contribution in [0, 0.1) is 11.8 Å². The third-order valence-corrected chi connectivity index (χ3v) is 4.56. The number of ether oxygens (including phenoxy) is 2. The summed E-state index contributed by atoms with van der Waals surface area (Å²) in [5.74, 6) is -0.649. The van der Waals surface area contributed by atoms with Crippen LogP contribution in [0.3, 0.4) is 0 Å². The molecule has 2 atom stereocenters. The number of carbonyl (C=O) groups is 2. The molecule has 0 aliphatic rings. The van der Waals surface area contributed by atoms with E-state index in [1.54, 1.807) is 12.2 Å². The molecule has 0 bridgehead atoms. The monoisotopic (exact) mass is 358 g/mol. The second-order valence-electron chi connectivity index (χ2n) is 6.38. The minimum Gasteiger partial charge on any atom is -0.469 e. The van der Waals surface area contributed by atoms with Gasteiger partial charge in [0.2, 0.25) is 0 Å². The van der Waals surface area contributed by atoms with E-state index >= 15 is 0 Å². The van der Waals surface area contributed by atoms with E-state index in [1.807, 2.05) is 0 Å². The summed E-state index contributed by atoms with van der Waals surface area (Å²) in [7, 11) is 2.84. The number of methoxy groups -OCH3 is 2. The minimum absolute atomic E-state index is 0.142. The van der Waals surface area contributed by atoms with Crippen LogP contribution < -0.4 is 0 Å². The summed E-state index contributed by atoms with van der Waals surface area (Å²) in [6.07, 6.45) is 7.87. The zero-order chi connectivity index (χ0) is 19.4. The van der Waals surface area contributed by atoms with Gasteiger partial charge in [-0.2, -0.15) is 0 Å². The molecule has 1 aromatic carbocycles. The van der Waals surface area contributed by atoms with Gasteiger partial charge >= 0.3 is 11.9 Å². The van der Waals surface area contributed by atoms with Crippen LogP contribution >= 0.6 is 0 Å². The molecule has 1 rings (SSSR count). The second-order valence-corrected chi connectivity index (χ2v) is 6.38. The average Bonchev–Trinajstić information content (AvgIpc) is 2.67. The highest BCUT2D eigenvalue weighted by Crippen LogP contribution is 2.18. The Morgan fingerprint density at radius 1 is 0.846 bits per heavy atom. The van der Waals surface area contributed by atoms with Crippen molar-refractivity contribution in [1.29, 1.82) is 0 Å². The predicted molar refractivity (Wildman–Crippen MR) is 104 cm³/mol. The molecule has 2 unspecified atom stereocenters. The number of benzene rings is 1. The summed E-state index contributed by atoms with van der Waals surface area (Å²) in [5, 5.41) is 0. The van der Waals surface area contributed by atoms with Crippen LogP contribution in [0.1, 0.15) is 36.8 Å². The Kier molecular flexibility index (Phi) is 10.1. The Balaban J connectivity index is 2.56. The molecular weight excluding hydrogens is 328 g/mol. The quantitative estimate of drug-likeness (QED) is 0.413. The molecule has 4 heteroatoms. The molecule has 0 radical (unpaired) electrons. The van der Waals surface area contributed by atoms with Crippen molar-refractivity contribution in [3.63, 3.8) is 0 Å². The van der Waals surface area contributed by atoms with Gasteiger partial charge in [-0.1, -0.05) is 36.4 Å². The van der Waals surface area contributed by atoms with Crippen molar-refractivity contribution in [3.05, 3.63) is 60.7 Å². The molecule has 0 N–H and O–H groups in total. The van der Waals surface area contributed by atoms with Crippen LogP contribution in [-0.4, -0.2) is 26.2 Å². The summed E-state index contributed by atoms with van der Waals surface area (Å²) in [5.41, 5.74) is 2.37. The minimum atomic E-state index is -0.183. The van der Waals surface area contributed by atoms with Gasteiger partial charge in [-0.3, -0.25) is 9.59 Å². The Bertz CT molecular complexity index is 536. The summed E-state index contributed by atoms with van der Waals surface area (Å²) in [6.45, 7) is 7.41. The second kappa shape index (κ2) is 12.1. The molecule has 4 nitrogen and oxygen atoms in total. The molecule has 0 aliphatic heterocycles. The topological polar surface area (TPSA) is 52.6 Å². The standard InChI is InChI=1S/C22H30O4/c1-5-7-19(21(23)25-3)15-13-17-9-11-18(12-10-17)14-16-20(8-6-2)22(24)26-4/h5-6,9-12,19-20H,1-2,7-8,13-16H2,3-4H3. The van der Waals surface area contributed by atoms with Gasteiger partial charge in [0, 0.05) is 0 Å². The lowest BCUT2D eigenvalue weighted by molar-refractivity contribution is -0.146. The third-order valence-electron chi connectivity index (χ3n) is 4.56. The van der Waals surface area contributed by atoms with Crippen LogP contribution in [0.15, 0.2) is 49.6 Å². The molecule has 0 spiro atoms. The van der Waals surface area contributed by atoms with Crippen molar-refractivity contribution >= 4 is 11.9 Å². The molecule has 1 aromatic rings. The molecule has 0 saturated heterocycles. The van der Waals surface area contributed by atoms with Gasteiger partial charge in [0.05, 0.1) is 26.1 Å². The smallest absolute Gasteiger partial charge is 0.308 e. The number of hydrogen-bond donors (Lipinski definition) is 0. The van der Waals surface area contributed by atoms with Gasteiger partial charge in [-0.25, -0.2) is 0 Å². The molecule has 0 aromatic heterocycles. The Morgan fingerprint density at radius 2 is 1.19 bits per heavy atom. The Labute approximate surface area is 156 Å². The largest absolute Gasteiger partial charge is 0.469 e. The van der Waals surface area contributed by atoms with Gasteiger partial charge in [0.25, 0.3) is 0 Å². The summed E-state index contributed by atoms with van der Waals surface area (Å²) in [6, 6.07) is 8.33. The van der Waals surface area contributed by atoms with Crippen LogP contribution in [-0.2, 0) is 31.9 Å². The summed E-state index contributed by atoms with van der Waals surface area (Å²) < 4.78 is 9.69. The van der Waals surface area contributed by atoms with Crippen LogP contribution in [0.5, 0.6) is 0 Å². The first-order chi connectivity index (χ1) is 12.5. The maximum absolute atomic E-state index is 11.7. The van der Waals surface area contributed by atoms with E-state index in [1.165, 1.54) is 25.3 Å². The number of esters is 2. The SMILES string of the molecule is C=CCC(CCc1ccc(CCC(CC=C)C(=O)OC)cc1)C(=O)OC. The Morgan fingerprint density at radius 3 is 1.46 bits per heavy atom. The lowest BCUT2D eigenvalue weighted by Crippen LogP contribution is -2.16. The van der Waals surface area contributed by atoms with Crippen molar-refractivity contribution in [2.75, 3.05) is 14.2 Å². The normalized spacial score (nSPS) is 12.7. The number of aryl methyl sites for hydroxylation is 2. The third kappa shape index (κ3) is 7.26. The first kappa shape index (κ1) is 21.7. The molecule has 0 amide bonds. The van der Waals surface area contributed by atoms with Gasteiger partial charge < -0.3 is 9.47 Å². The van der Waals surface area contributed by atoms with E-state index < -0.39 is 0 Å². The fraction of sp³-hybridized carbons (Fsp3) is 0.455. The van der Waals surface area contributed by atoms with Crippen LogP contribution in [0.25, 0.3) is 0 Å². The number of carbonyl (C=O) groups excluding carboxylic acids is 2.